The number of rotatable bonds is 5. The second-order valence-corrected chi connectivity index (χ2v) is 12.7. The summed E-state index contributed by atoms with van der Waals surface area (Å²) in [6.07, 6.45) is 0. The SMILES string of the molecule is CC(C)=O.CCN(CC)c1ccc2c(c1)Oc1cc(O)c(-c3nc4ccccc4s3)cc1[C@@]21c2ccccc2C(=O)N1N=C(C)C. The number of ketones is 1. The molecule has 234 valence electrons. The Bertz CT molecular complexity index is 1990. The molecule has 1 spiro atoms. The van der Waals surface area contributed by atoms with Gasteiger partial charge >= 0.3 is 0 Å². The molecule has 0 bridgehead atoms. The highest BCUT2D eigenvalue weighted by atomic mass is 32.1. The fourth-order valence-corrected chi connectivity index (χ4v) is 7.23. The zero-order chi connectivity index (χ0) is 32.7. The number of hydrogen-bond acceptors (Lipinski definition) is 8. The molecular weight excluding hydrogens is 596 g/mol. The van der Waals surface area contributed by atoms with Crippen molar-refractivity contribution in [1.29, 1.82) is 0 Å². The molecule has 0 radical (unpaired) electrons. The number of amides is 1. The van der Waals surface area contributed by atoms with E-state index in [1.807, 2.05) is 74.5 Å². The molecule has 2 aliphatic rings. The van der Waals surface area contributed by atoms with Crippen molar-refractivity contribution in [2.75, 3.05) is 18.0 Å². The predicted octanol–water partition coefficient (Wildman–Crippen LogP) is 8.36. The second kappa shape index (κ2) is 12.1. The number of anilines is 1. The number of Topliss-reactive ketones (excluding diaryl/α,β-unsaturated/α-hetero) is 1. The van der Waals surface area contributed by atoms with Gasteiger partial charge in [-0.3, -0.25) is 4.79 Å². The van der Waals surface area contributed by atoms with Crippen LogP contribution >= 0.6 is 11.3 Å². The number of carbonyl (C=O) groups excluding carboxylic acids is 2. The van der Waals surface area contributed by atoms with Gasteiger partial charge in [-0.25, -0.2) is 9.99 Å². The fraction of sp³-hybridized carbons (Fsp3) is 0.243. The van der Waals surface area contributed by atoms with Crippen LogP contribution in [0.25, 0.3) is 20.8 Å². The number of phenols is 1. The average molecular weight is 633 g/mol. The Balaban J connectivity index is 0.000000879. The van der Waals surface area contributed by atoms with Gasteiger partial charge in [0, 0.05) is 58.9 Å². The van der Waals surface area contributed by atoms with Crippen LogP contribution in [0.1, 0.15) is 68.6 Å². The molecule has 9 heteroatoms. The third-order valence-corrected chi connectivity index (χ3v) is 9.14. The van der Waals surface area contributed by atoms with Crippen LogP contribution in [0.15, 0.2) is 84.0 Å². The molecule has 5 aromatic rings. The Labute approximate surface area is 272 Å². The molecule has 0 saturated carbocycles. The van der Waals surface area contributed by atoms with Gasteiger partial charge in [-0.1, -0.05) is 36.4 Å². The van der Waals surface area contributed by atoms with Crippen LogP contribution in [0.4, 0.5) is 5.69 Å². The number of aromatic nitrogens is 1. The van der Waals surface area contributed by atoms with E-state index in [9.17, 15) is 14.7 Å². The van der Waals surface area contributed by atoms with Gasteiger partial charge in [-0.15, -0.1) is 11.3 Å². The molecule has 4 aromatic carbocycles. The number of hydrogen-bond donors (Lipinski definition) is 1. The maximum atomic E-state index is 14.1. The predicted molar refractivity (Wildman–Crippen MR) is 184 cm³/mol. The molecule has 0 saturated heterocycles. The van der Waals surface area contributed by atoms with E-state index in [1.165, 1.54) is 25.2 Å². The topological polar surface area (TPSA) is 95.3 Å². The molecule has 0 fully saturated rings. The van der Waals surface area contributed by atoms with Crippen molar-refractivity contribution in [1.82, 2.24) is 9.99 Å². The number of phenolic OH excluding ortho intramolecular Hbond substituents is 1. The minimum Gasteiger partial charge on any atom is -0.507 e. The minimum absolute atomic E-state index is 0.0608. The third kappa shape index (κ3) is 5.01. The molecule has 0 aliphatic carbocycles. The second-order valence-electron chi connectivity index (χ2n) is 11.6. The van der Waals surface area contributed by atoms with Crippen molar-refractivity contribution in [2.24, 2.45) is 5.10 Å². The van der Waals surface area contributed by atoms with E-state index in [1.54, 1.807) is 11.1 Å². The Morgan fingerprint density at radius 2 is 1.57 bits per heavy atom. The van der Waals surface area contributed by atoms with Crippen LogP contribution < -0.4 is 9.64 Å². The number of fused-ring (bicyclic) bond motifs is 7. The Kier molecular flexibility index (Phi) is 8.12. The lowest BCUT2D eigenvalue weighted by Gasteiger charge is -2.42. The Morgan fingerprint density at radius 3 is 2.26 bits per heavy atom. The smallest absolute Gasteiger partial charge is 0.275 e. The van der Waals surface area contributed by atoms with Crippen molar-refractivity contribution in [2.45, 2.75) is 47.1 Å². The van der Waals surface area contributed by atoms with Crippen molar-refractivity contribution in [3.05, 3.63) is 101 Å². The molecule has 3 heterocycles. The lowest BCUT2D eigenvalue weighted by Crippen LogP contribution is -2.44. The van der Waals surface area contributed by atoms with Gasteiger partial charge in [0.15, 0.2) is 0 Å². The van der Waals surface area contributed by atoms with Crippen LogP contribution in [-0.2, 0) is 10.3 Å². The van der Waals surface area contributed by atoms with Gasteiger partial charge in [0.25, 0.3) is 5.91 Å². The van der Waals surface area contributed by atoms with E-state index in [4.69, 9.17) is 14.8 Å². The van der Waals surface area contributed by atoms with E-state index >= 15 is 0 Å². The van der Waals surface area contributed by atoms with Gasteiger partial charge in [-0.05, 0) is 71.9 Å². The van der Waals surface area contributed by atoms with Crippen LogP contribution in [0.3, 0.4) is 0 Å². The number of benzene rings is 4. The first-order valence-electron chi connectivity index (χ1n) is 15.3. The van der Waals surface area contributed by atoms with Crippen LogP contribution in [0, 0.1) is 0 Å². The van der Waals surface area contributed by atoms with Crippen LogP contribution in [-0.4, -0.2) is 45.6 Å². The van der Waals surface area contributed by atoms with E-state index in [0.29, 0.717) is 27.6 Å². The summed E-state index contributed by atoms with van der Waals surface area (Å²) in [5, 5.41) is 18.5. The van der Waals surface area contributed by atoms with E-state index in [2.05, 4.69) is 30.9 Å². The fourth-order valence-electron chi connectivity index (χ4n) is 6.24. The Morgan fingerprint density at radius 1 is 0.891 bits per heavy atom. The molecule has 7 rings (SSSR count). The third-order valence-electron chi connectivity index (χ3n) is 8.07. The largest absolute Gasteiger partial charge is 0.507 e. The lowest BCUT2D eigenvalue weighted by atomic mass is 9.74. The summed E-state index contributed by atoms with van der Waals surface area (Å²) in [4.78, 5) is 30.7. The van der Waals surface area contributed by atoms with Gasteiger partial charge in [0.1, 0.15) is 33.6 Å². The van der Waals surface area contributed by atoms with Gasteiger partial charge in [-0.2, -0.15) is 5.10 Å². The number of aromatic hydroxyl groups is 1. The summed E-state index contributed by atoms with van der Waals surface area (Å²) in [7, 11) is 0. The van der Waals surface area contributed by atoms with Gasteiger partial charge in [0.05, 0.1) is 15.8 Å². The quantitative estimate of drug-likeness (QED) is 0.196. The van der Waals surface area contributed by atoms with Crippen LogP contribution in [0.2, 0.25) is 0 Å². The molecule has 1 atom stereocenters. The standard InChI is InChI=1S/C34H30N4O3S.C3H6O/c1-5-37(6-2)21-15-16-25-29(17-21)41-30-19-28(39)23(32-35-27-13-9-10-14-31(27)42-32)18-26(30)34(25)24-12-8-7-11-22(24)33(40)38(34)36-20(3)4;1-3(2)4/h7-19,39H,5-6H2,1-4H3;1-2H3/t34-;/m1./s1. The number of hydrazone groups is 1. The summed E-state index contributed by atoms with van der Waals surface area (Å²) in [6, 6.07) is 25.3. The normalized spacial score (nSPS) is 15.8. The summed E-state index contributed by atoms with van der Waals surface area (Å²) < 4.78 is 7.62. The first-order chi connectivity index (χ1) is 22.1. The van der Waals surface area contributed by atoms with E-state index < -0.39 is 5.54 Å². The molecular formula is C37H36N4O4S. The number of ether oxygens (including phenoxy) is 1. The Hall–Kier alpha value is -5.02. The summed E-state index contributed by atoms with van der Waals surface area (Å²) in [5.41, 5.74) is 5.04. The van der Waals surface area contributed by atoms with Crippen LogP contribution in [0.5, 0.6) is 17.2 Å². The number of para-hydroxylation sites is 1. The van der Waals surface area contributed by atoms with E-state index in [0.717, 1.165) is 51.4 Å². The number of thiazole rings is 1. The zero-order valence-corrected chi connectivity index (χ0v) is 27.6. The maximum Gasteiger partial charge on any atom is 0.275 e. The first-order valence-corrected chi connectivity index (χ1v) is 16.2. The number of nitrogens with zero attached hydrogens (tertiary/aromatic N) is 4. The van der Waals surface area contributed by atoms with Crippen molar-refractivity contribution in [3.63, 3.8) is 0 Å². The van der Waals surface area contributed by atoms with Crippen molar-refractivity contribution < 1.29 is 19.4 Å². The molecule has 8 nitrogen and oxygen atoms in total. The van der Waals surface area contributed by atoms with Gasteiger partial charge < -0.3 is 19.5 Å². The monoisotopic (exact) mass is 632 g/mol. The lowest BCUT2D eigenvalue weighted by molar-refractivity contribution is -0.115. The molecule has 1 aromatic heterocycles. The molecule has 0 unspecified atom stereocenters. The maximum absolute atomic E-state index is 14.1. The van der Waals surface area contributed by atoms with Crippen molar-refractivity contribution >= 4 is 44.6 Å². The zero-order valence-electron chi connectivity index (χ0n) is 26.8. The highest BCUT2D eigenvalue weighted by molar-refractivity contribution is 7.21. The summed E-state index contributed by atoms with van der Waals surface area (Å²) in [6.45, 7) is 12.8. The first kappa shape index (κ1) is 31.0. The number of carbonyl (C=O) groups is 2. The summed E-state index contributed by atoms with van der Waals surface area (Å²) in [5.74, 6) is 1.14. The summed E-state index contributed by atoms with van der Waals surface area (Å²) >= 11 is 1.51. The average Bonchev–Trinajstić information content (AvgIpc) is 3.55. The molecule has 1 amide bonds. The highest BCUT2D eigenvalue weighted by Crippen LogP contribution is 2.59. The van der Waals surface area contributed by atoms with E-state index in [-0.39, 0.29) is 17.4 Å². The molecule has 2 aliphatic heterocycles. The van der Waals surface area contributed by atoms with Gasteiger partial charge in [0.2, 0.25) is 0 Å². The minimum atomic E-state index is -1.12. The molecule has 1 N–H and O–H groups in total. The molecule has 46 heavy (non-hydrogen) atoms. The van der Waals surface area contributed by atoms with Crippen molar-refractivity contribution in [3.8, 4) is 27.8 Å². The highest BCUT2D eigenvalue weighted by Gasteiger charge is 2.57.